The highest BCUT2D eigenvalue weighted by molar-refractivity contribution is 4.61. The molecule has 1 N–H and O–H groups in total. The number of nitrogens with one attached hydrogen (secondary N) is 1. The van der Waals surface area contributed by atoms with Crippen molar-refractivity contribution in [2.75, 3.05) is 13.2 Å². The predicted octanol–water partition coefficient (Wildman–Crippen LogP) is 2.31. The van der Waals surface area contributed by atoms with Crippen LogP contribution >= 0.6 is 0 Å². The van der Waals surface area contributed by atoms with Crippen LogP contribution in [0.25, 0.3) is 0 Å². The van der Waals surface area contributed by atoms with E-state index in [0.717, 1.165) is 19.6 Å². The van der Waals surface area contributed by atoms with Crippen molar-refractivity contribution in [1.29, 1.82) is 0 Å². The molecule has 0 amide bonds. The fraction of sp³-hybridized carbons (Fsp3) is 0.800. The molecule has 0 bridgehead atoms. The first-order valence-electron chi connectivity index (χ1n) is 4.81. The highest BCUT2D eigenvalue weighted by Gasteiger charge is 1.99. The smallest absolute Gasteiger partial charge is 0.0885 e. The first-order valence-corrected chi connectivity index (χ1v) is 4.81. The van der Waals surface area contributed by atoms with Crippen molar-refractivity contribution in [1.82, 2.24) is 5.32 Å². The van der Waals surface area contributed by atoms with Gasteiger partial charge in [0.15, 0.2) is 0 Å². The summed E-state index contributed by atoms with van der Waals surface area (Å²) in [4.78, 5) is 0. The van der Waals surface area contributed by atoms with Gasteiger partial charge in [0, 0.05) is 6.04 Å². The first-order chi connectivity index (χ1) is 5.85. The molecule has 12 heavy (non-hydrogen) atoms. The Bertz CT molecular complexity index is 100. The number of hydrogen-bond acceptors (Lipinski definition) is 2. The first kappa shape index (κ1) is 11.5. The van der Waals surface area contributed by atoms with Crippen LogP contribution in [0.4, 0.5) is 0 Å². The van der Waals surface area contributed by atoms with E-state index in [1.807, 2.05) is 0 Å². The van der Waals surface area contributed by atoms with Crippen molar-refractivity contribution in [3.8, 4) is 0 Å². The summed E-state index contributed by atoms with van der Waals surface area (Å²) in [5.74, 6) is 0. The molecule has 0 aromatic heterocycles. The summed E-state index contributed by atoms with van der Waals surface area (Å²) in [6, 6.07) is 0.675. The molecule has 0 aliphatic rings. The second-order valence-corrected chi connectivity index (χ2v) is 2.86. The molecule has 0 aliphatic carbocycles. The van der Waals surface area contributed by atoms with Crippen LogP contribution < -0.4 is 5.32 Å². The minimum Gasteiger partial charge on any atom is -0.502 e. The fourth-order valence-electron chi connectivity index (χ4n) is 1.12. The van der Waals surface area contributed by atoms with Gasteiger partial charge in [-0.2, -0.15) is 0 Å². The summed E-state index contributed by atoms with van der Waals surface area (Å²) in [6.45, 7) is 9.72. The molecule has 0 fully saturated rings. The molecule has 0 spiro atoms. The van der Waals surface area contributed by atoms with Gasteiger partial charge >= 0.3 is 0 Å². The highest BCUT2D eigenvalue weighted by atomic mass is 16.5. The molecule has 0 aliphatic heterocycles. The molecule has 0 atom stereocenters. The lowest BCUT2D eigenvalue weighted by Crippen LogP contribution is -2.28. The van der Waals surface area contributed by atoms with Crippen molar-refractivity contribution >= 4 is 0 Å². The maximum Gasteiger partial charge on any atom is 0.0885 e. The average Bonchev–Trinajstić information content (AvgIpc) is 2.11. The van der Waals surface area contributed by atoms with E-state index >= 15 is 0 Å². The van der Waals surface area contributed by atoms with E-state index in [4.69, 9.17) is 4.74 Å². The molecule has 0 saturated carbocycles. The van der Waals surface area contributed by atoms with Crippen molar-refractivity contribution < 1.29 is 4.74 Å². The Morgan fingerprint density at radius 2 is 2.08 bits per heavy atom. The zero-order chi connectivity index (χ0) is 9.23. The molecular weight excluding hydrogens is 150 g/mol. The zero-order valence-electron chi connectivity index (χ0n) is 8.31. The van der Waals surface area contributed by atoms with Gasteiger partial charge in [-0.3, -0.25) is 0 Å². The average molecular weight is 171 g/mol. The van der Waals surface area contributed by atoms with Crippen LogP contribution in [0, 0.1) is 0 Å². The zero-order valence-corrected chi connectivity index (χ0v) is 8.31. The van der Waals surface area contributed by atoms with Crippen LogP contribution in [-0.4, -0.2) is 19.2 Å². The van der Waals surface area contributed by atoms with Gasteiger partial charge in [0.2, 0.25) is 0 Å². The number of ether oxygens (including phenoxy) is 1. The molecule has 2 nitrogen and oxygen atoms in total. The van der Waals surface area contributed by atoms with E-state index in [1.165, 1.54) is 19.1 Å². The third kappa shape index (κ3) is 6.23. The maximum atomic E-state index is 5.01. The normalized spacial score (nSPS) is 10.2. The Labute approximate surface area is 76.0 Å². The van der Waals surface area contributed by atoms with Crippen molar-refractivity contribution in [3.05, 3.63) is 12.8 Å². The van der Waals surface area contributed by atoms with E-state index in [1.54, 1.807) is 0 Å². The molecule has 0 rings (SSSR count). The summed E-state index contributed by atoms with van der Waals surface area (Å²) in [5.41, 5.74) is 0. The van der Waals surface area contributed by atoms with Crippen LogP contribution in [0.3, 0.4) is 0 Å². The van der Waals surface area contributed by atoms with Gasteiger partial charge in [-0.15, -0.1) is 0 Å². The van der Waals surface area contributed by atoms with E-state index in [2.05, 4.69) is 25.7 Å². The van der Waals surface area contributed by atoms with Crippen LogP contribution in [0.2, 0.25) is 0 Å². The van der Waals surface area contributed by atoms with Gasteiger partial charge in [0.25, 0.3) is 0 Å². The Balaban J connectivity index is 3.11. The summed E-state index contributed by atoms with van der Waals surface area (Å²) in [7, 11) is 0. The molecule has 0 saturated heterocycles. The Kier molecular flexibility index (Phi) is 8.24. The quantitative estimate of drug-likeness (QED) is 0.447. The van der Waals surface area contributed by atoms with Crippen molar-refractivity contribution in [2.45, 2.75) is 39.2 Å². The largest absolute Gasteiger partial charge is 0.502 e. The summed E-state index contributed by atoms with van der Waals surface area (Å²) in [5, 5.41) is 3.46. The lowest BCUT2D eigenvalue weighted by Gasteiger charge is -2.13. The molecule has 2 heteroatoms. The minimum atomic E-state index is 0.675. The fourth-order valence-corrected chi connectivity index (χ4v) is 1.12. The van der Waals surface area contributed by atoms with Gasteiger partial charge < -0.3 is 10.1 Å². The van der Waals surface area contributed by atoms with E-state index in [9.17, 15) is 0 Å². The van der Waals surface area contributed by atoms with Gasteiger partial charge in [-0.25, -0.2) is 0 Å². The Morgan fingerprint density at radius 3 is 2.58 bits per heavy atom. The van der Waals surface area contributed by atoms with E-state index in [0.29, 0.717) is 6.04 Å². The lowest BCUT2D eigenvalue weighted by molar-refractivity contribution is 0.242. The van der Waals surface area contributed by atoms with Crippen LogP contribution in [0.5, 0.6) is 0 Å². The van der Waals surface area contributed by atoms with Crippen LogP contribution in [0.15, 0.2) is 12.8 Å². The van der Waals surface area contributed by atoms with Gasteiger partial charge in [-0.1, -0.05) is 20.4 Å². The summed E-state index contributed by atoms with van der Waals surface area (Å²) in [6.07, 6.45) is 4.97. The molecule has 0 radical (unpaired) electrons. The summed E-state index contributed by atoms with van der Waals surface area (Å²) < 4.78 is 5.01. The Morgan fingerprint density at radius 1 is 1.42 bits per heavy atom. The third-order valence-corrected chi connectivity index (χ3v) is 1.98. The third-order valence-electron chi connectivity index (χ3n) is 1.98. The van der Waals surface area contributed by atoms with Gasteiger partial charge in [-0.05, 0) is 25.8 Å². The minimum absolute atomic E-state index is 0.675. The second-order valence-electron chi connectivity index (χ2n) is 2.86. The Hall–Kier alpha value is -0.500. The molecule has 72 valence electrons. The molecule has 0 aromatic carbocycles. The van der Waals surface area contributed by atoms with Crippen molar-refractivity contribution in [3.63, 3.8) is 0 Å². The van der Waals surface area contributed by atoms with Gasteiger partial charge in [0.05, 0.1) is 12.9 Å². The predicted molar refractivity (Wildman–Crippen MR) is 53.1 cm³/mol. The lowest BCUT2D eigenvalue weighted by atomic mass is 10.2. The standard InChI is InChI=1S/C10H21NO/c1-4-10(5-2)11-8-7-9-12-6-3/h6,10-11H,3-5,7-9H2,1-2H3. The molecule has 0 unspecified atom stereocenters. The van der Waals surface area contributed by atoms with Crippen molar-refractivity contribution in [2.24, 2.45) is 0 Å². The summed E-state index contributed by atoms with van der Waals surface area (Å²) >= 11 is 0. The topological polar surface area (TPSA) is 21.3 Å². The van der Waals surface area contributed by atoms with Gasteiger partial charge in [0.1, 0.15) is 0 Å². The number of rotatable bonds is 8. The monoisotopic (exact) mass is 171 g/mol. The SMILES string of the molecule is C=COCCCNC(CC)CC. The van der Waals surface area contributed by atoms with Crippen LogP contribution in [0.1, 0.15) is 33.1 Å². The maximum absolute atomic E-state index is 5.01. The van der Waals surface area contributed by atoms with E-state index < -0.39 is 0 Å². The van der Waals surface area contributed by atoms with Crippen LogP contribution in [-0.2, 0) is 4.74 Å². The van der Waals surface area contributed by atoms with E-state index in [-0.39, 0.29) is 0 Å². The molecule has 0 heterocycles. The highest BCUT2D eigenvalue weighted by Crippen LogP contribution is 1.95. The molecule has 0 aromatic rings. The number of hydrogen-bond donors (Lipinski definition) is 1. The second kappa shape index (κ2) is 8.60. The molecular formula is C10H21NO.